The molecule has 1 aromatic rings. The van der Waals surface area contributed by atoms with E-state index >= 15 is 0 Å². The van der Waals surface area contributed by atoms with Crippen molar-refractivity contribution in [3.05, 3.63) is 33.9 Å². The van der Waals surface area contributed by atoms with Gasteiger partial charge in [0, 0.05) is 19.2 Å². The average Bonchev–Trinajstić information content (AvgIpc) is 2.60. The van der Waals surface area contributed by atoms with Crippen molar-refractivity contribution in [3.63, 3.8) is 0 Å². The number of hydrazine groups is 1. The van der Waals surface area contributed by atoms with Gasteiger partial charge in [0.05, 0.1) is 16.4 Å². The normalized spacial score (nSPS) is 18.9. The Balaban J connectivity index is 2.11. The summed E-state index contributed by atoms with van der Waals surface area (Å²) < 4.78 is 23.1. The number of anilines is 1. The lowest BCUT2D eigenvalue weighted by Gasteiger charge is -2.19. The monoisotopic (exact) mass is 314 g/mol. The van der Waals surface area contributed by atoms with Gasteiger partial charge < -0.3 is 5.43 Å². The second kappa shape index (κ2) is 6.37. The maximum absolute atomic E-state index is 11.6. The quantitative estimate of drug-likeness (QED) is 0.472. The molecule has 0 aliphatic carbocycles. The van der Waals surface area contributed by atoms with E-state index in [1.807, 2.05) is 4.90 Å². The van der Waals surface area contributed by atoms with Crippen LogP contribution in [0.25, 0.3) is 0 Å². The molecule has 1 heterocycles. The molecule has 1 aliphatic heterocycles. The molecule has 116 valence electrons. The number of nitrogens with zero attached hydrogens (tertiary/aromatic N) is 2. The molecule has 3 N–H and O–H groups in total. The molecule has 0 bridgehead atoms. The molecule has 0 aromatic heterocycles. The minimum atomic E-state index is -2.94. The molecule has 0 amide bonds. The number of hydrogen-bond donors (Lipinski definition) is 2. The van der Waals surface area contributed by atoms with Crippen LogP contribution in [0, 0.1) is 10.1 Å². The second-order valence-electron chi connectivity index (χ2n) is 5.03. The molecule has 21 heavy (non-hydrogen) atoms. The first kappa shape index (κ1) is 15.7. The summed E-state index contributed by atoms with van der Waals surface area (Å²) in [5.41, 5.74) is 3.34. The van der Waals surface area contributed by atoms with E-state index in [-0.39, 0.29) is 22.9 Å². The van der Waals surface area contributed by atoms with E-state index in [1.165, 1.54) is 6.07 Å². The lowest BCUT2D eigenvalue weighted by molar-refractivity contribution is -0.384. The summed E-state index contributed by atoms with van der Waals surface area (Å²) in [6.45, 7) is 1.72. The number of nitrogen functional groups attached to an aromatic ring is 1. The van der Waals surface area contributed by atoms with Gasteiger partial charge in [0.1, 0.15) is 5.69 Å². The number of nitro benzene ring substituents is 1. The van der Waals surface area contributed by atoms with Gasteiger partial charge in [0.15, 0.2) is 9.84 Å². The first-order chi connectivity index (χ1) is 9.91. The van der Waals surface area contributed by atoms with Crippen molar-refractivity contribution in [2.45, 2.75) is 13.0 Å². The Hall–Kier alpha value is -1.71. The highest BCUT2D eigenvalue weighted by atomic mass is 32.2. The van der Waals surface area contributed by atoms with Crippen molar-refractivity contribution >= 4 is 21.2 Å². The van der Waals surface area contributed by atoms with E-state index < -0.39 is 14.8 Å². The Kier molecular flexibility index (Phi) is 4.76. The van der Waals surface area contributed by atoms with Crippen molar-refractivity contribution in [2.75, 3.05) is 30.0 Å². The average molecular weight is 314 g/mol. The third-order valence-corrected chi connectivity index (χ3v) is 5.18. The van der Waals surface area contributed by atoms with Crippen LogP contribution in [-0.2, 0) is 16.4 Å². The lowest BCUT2D eigenvalue weighted by Crippen LogP contribution is -2.26. The van der Waals surface area contributed by atoms with Gasteiger partial charge in [-0.05, 0) is 24.6 Å². The zero-order chi connectivity index (χ0) is 15.5. The lowest BCUT2D eigenvalue weighted by atomic mass is 10.1. The van der Waals surface area contributed by atoms with Gasteiger partial charge >= 0.3 is 0 Å². The molecule has 1 aliphatic rings. The first-order valence-corrected chi connectivity index (χ1v) is 8.40. The third kappa shape index (κ3) is 4.13. The van der Waals surface area contributed by atoms with Crippen molar-refractivity contribution in [1.82, 2.24) is 4.90 Å². The van der Waals surface area contributed by atoms with E-state index in [0.29, 0.717) is 26.1 Å². The predicted molar refractivity (Wildman–Crippen MR) is 79.5 cm³/mol. The summed E-state index contributed by atoms with van der Waals surface area (Å²) in [5.74, 6) is 5.68. The number of nitrogens with one attached hydrogen (secondary N) is 1. The number of nitrogens with two attached hydrogens (primary N) is 1. The van der Waals surface area contributed by atoms with Crippen LogP contribution < -0.4 is 11.3 Å². The van der Waals surface area contributed by atoms with Crippen molar-refractivity contribution in [3.8, 4) is 0 Å². The summed E-state index contributed by atoms with van der Waals surface area (Å²) in [4.78, 5) is 12.4. The Bertz CT molecular complexity index is 632. The fourth-order valence-electron chi connectivity index (χ4n) is 2.36. The number of hydrogen-bond acceptors (Lipinski definition) is 7. The fraction of sp³-hybridized carbons (Fsp3) is 0.500. The summed E-state index contributed by atoms with van der Waals surface area (Å²) in [5, 5.41) is 10.8. The van der Waals surface area contributed by atoms with Gasteiger partial charge in [-0.3, -0.25) is 20.9 Å². The van der Waals surface area contributed by atoms with Crippen molar-refractivity contribution in [1.29, 1.82) is 0 Å². The van der Waals surface area contributed by atoms with E-state index in [0.717, 1.165) is 5.56 Å². The minimum Gasteiger partial charge on any atom is -0.318 e. The van der Waals surface area contributed by atoms with Crippen LogP contribution in [-0.4, -0.2) is 42.8 Å². The van der Waals surface area contributed by atoms with Gasteiger partial charge in [0.2, 0.25) is 0 Å². The molecule has 0 saturated carbocycles. The van der Waals surface area contributed by atoms with Crippen LogP contribution in [0.2, 0.25) is 0 Å². The standard InChI is InChI=1S/C12H18N4O4S/c13-14-11-8-10(2-3-12(11)16(17)18)9-15-4-1-6-21(19,20)7-5-15/h2-3,8,14H,1,4-7,9,13H2. The number of rotatable bonds is 4. The van der Waals surface area contributed by atoms with Crippen LogP contribution in [0.4, 0.5) is 11.4 Å². The molecular formula is C12H18N4O4S. The van der Waals surface area contributed by atoms with Crippen LogP contribution in [0.15, 0.2) is 18.2 Å². The first-order valence-electron chi connectivity index (χ1n) is 6.58. The Morgan fingerprint density at radius 2 is 2.10 bits per heavy atom. The molecule has 2 rings (SSSR count). The fourth-order valence-corrected chi connectivity index (χ4v) is 3.67. The topological polar surface area (TPSA) is 119 Å². The van der Waals surface area contributed by atoms with Crippen LogP contribution in [0.5, 0.6) is 0 Å². The summed E-state index contributed by atoms with van der Waals surface area (Å²) in [6, 6.07) is 4.69. The van der Waals surface area contributed by atoms with Gasteiger partial charge in [0.25, 0.3) is 5.69 Å². The largest absolute Gasteiger partial charge is 0.318 e. The highest BCUT2D eigenvalue weighted by molar-refractivity contribution is 7.91. The highest BCUT2D eigenvalue weighted by Crippen LogP contribution is 2.25. The maximum atomic E-state index is 11.6. The zero-order valence-corrected chi connectivity index (χ0v) is 12.3. The van der Waals surface area contributed by atoms with Crippen molar-refractivity contribution < 1.29 is 13.3 Å². The molecule has 9 heteroatoms. The van der Waals surface area contributed by atoms with E-state index in [4.69, 9.17) is 5.84 Å². The van der Waals surface area contributed by atoms with E-state index in [2.05, 4.69) is 5.43 Å². The van der Waals surface area contributed by atoms with Gasteiger partial charge in [-0.25, -0.2) is 8.42 Å². The highest BCUT2D eigenvalue weighted by Gasteiger charge is 2.20. The molecule has 8 nitrogen and oxygen atoms in total. The Morgan fingerprint density at radius 3 is 2.76 bits per heavy atom. The summed E-state index contributed by atoms with van der Waals surface area (Å²) in [6.07, 6.45) is 0.608. The van der Waals surface area contributed by atoms with E-state index in [9.17, 15) is 18.5 Å². The molecule has 0 unspecified atom stereocenters. The molecular weight excluding hydrogens is 296 g/mol. The number of benzene rings is 1. The van der Waals surface area contributed by atoms with Crippen LogP contribution in [0.1, 0.15) is 12.0 Å². The Morgan fingerprint density at radius 1 is 1.33 bits per heavy atom. The third-order valence-electron chi connectivity index (χ3n) is 3.47. The van der Waals surface area contributed by atoms with Gasteiger partial charge in [-0.1, -0.05) is 6.07 Å². The minimum absolute atomic E-state index is 0.0836. The van der Waals surface area contributed by atoms with Crippen LogP contribution >= 0.6 is 0 Å². The summed E-state index contributed by atoms with van der Waals surface area (Å²) in [7, 11) is -2.94. The van der Waals surface area contributed by atoms with E-state index in [1.54, 1.807) is 12.1 Å². The predicted octanol–water partition coefficient (Wildman–Crippen LogP) is 0.501. The Labute approximate surface area is 123 Å². The SMILES string of the molecule is NNc1cc(CN2CCCS(=O)(=O)CC2)ccc1[N+](=O)[O-]. The molecule has 0 atom stereocenters. The number of nitro groups is 1. The zero-order valence-electron chi connectivity index (χ0n) is 11.5. The molecule has 1 saturated heterocycles. The van der Waals surface area contributed by atoms with Gasteiger partial charge in [-0.15, -0.1) is 0 Å². The second-order valence-corrected chi connectivity index (χ2v) is 7.34. The molecule has 1 aromatic carbocycles. The van der Waals surface area contributed by atoms with Crippen LogP contribution in [0.3, 0.4) is 0 Å². The summed E-state index contributed by atoms with van der Waals surface area (Å²) >= 11 is 0. The molecule has 0 radical (unpaired) electrons. The van der Waals surface area contributed by atoms with Crippen molar-refractivity contribution in [2.24, 2.45) is 5.84 Å². The molecule has 0 spiro atoms. The molecule has 1 fully saturated rings. The number of sulfone groups is 1. The van der Waals surface area contributed by atoms with Gasteiger partial charge in [-0.2, -0.15) is 0 Å². The maximum Gasteiger partial charge on any atom is 0.293 e. The smallest absolute Gasteiger partial charge is 0.293 e.